The van der Waals surface area contributed by atoms with Crippen LogP contribution in [0.25, 0.3) is 10.2 Å². The zero-order chi connectivity index (χ0) is 15.8. The number of thiazole rings is 1. The fourth-order valence-corrected chi connectivity index (χ4v) is 4.52. The molecular weight excluding hydrogens is 334 g/mol. The molecule has 3 heterocycles. The number of benzene rings is 1. The first kappa shape index (κ1) is 15.2. The normalized spacial score (nSPS) is 22.0. The zero-order valence-corrected chi connectivity index (χ0v) is 14.3. The summed E-state index contributed by atoms with van der Waals surface area (Å²) in [4.78, 5) is 21.4. The fourth-order valence-electron chi connectivity index (χ4n) is 3.22. The van der Waals surface area contributed by atoms with Crippen molar-refractivity contribution < 1.29 is 9.53 Å². The number of amides is 1. The molecule has 0 bridgehead atoms. The van der Waals surface area contributed by atoms with Gasteiger partial charge in [0.15, 0.2) is 5.13 Å². The van der Waals surface area contributed by atoms with E-state index in [1.54, 1.807) is 11.3 Å². The van der Waals surface area contributed by atoms with E-state index in [4.69, 9.17) is 16.3 Å². The molecule has 5 nitrogen and oxygen atoms in total. The first-order valence-corrected chi connectivity index (χ1v) is 9.08. The van der Waals surface area contributed by atoms with Crippen LogP contribution >= 0.6 is 22.9 Å². The number of carbonyl (C=O) groups excluding carboxylic acids is 1. The van der Waals surface area contributed by atoms with Gasteiger partial charge in [0.25, 0.3) is 0 Å². The van der Waals surface area contributed by atoms with Crippen LogP contribution in [0.2, 0.25) is 5.02 Å². The molecule has 122 valence electrons. The second-order valence-corrected chi connectivity index (χ2v) is 7.37. The van der Waals surface area contributed by atoms with E-state index in [0.29, 0.717) is 31.3 Å². The van der Waals surface area contributed by atoms with Gasteiger partial charge in [-0.25, -0.2) is 4.98 Å². The molecule has 1 aromatic carbocycles. The van der Waals surface area contributed by atoms with Crippen LogP contribution in [-0.2, 0) is 9.53 Å². The first-order chi connectivity index (χ1) is 11.2. The Kier molecular flexibility index (Phi) is 4.13. The number of hydrogen-bond donors (Lipinski definition) is 0. The van der Waals surface area contributed by atoms with Gasteiger partial charge in [-0.15, -0.1) is 0 Å². The van der Waals surface area contributed by atoms with Crippen molar-refractivity contribution >= 4 is 44.2 Å². The number of fused-ring (bicyclic) bond motifs is 1. The largest absolute Gasteiger partial charge is 0.378 e. The number of aromatic nitrogens is 1. The molecule has 2 aliphatic heterocycles. The van der Waals surface area contributed by atoms with Gasteiger partial charge >= 0.3 is 0 Å². The highest BCUT2D eigenvalue weighted by molar-refractivity contribution is 7.22. The summed E-state index contributed by atoms with van der Waals surface area (Å²) in [5.41, 5.74) is 0.858. The summed E-state index contributed by atoms with van der Waals surface area (Å²) in [6, 6.07) is 5.85. The predicted octanol–water partition coefficient (Wildman–Crippen LogP) is 2.63. The monoisotopic (exact) mass is 351 g/mol. The summed E-state index contributed by atoms with van der Waals surface area (Å²) in [7, 11) is 0. The average molecular weight is 352 g/mol. The smallest absolute Gasteiger partial charge is 0.227 e. The number of nitrogens with zero attached hydrogens (tertiary/aromatic N) is 3. The van der Waals surface area contributed by atoms with Crippen molar-refractivity contribution in [3.63, 3.8) is 0 Å². The van der Waals surface area contributed by atoms with Crippen LogP contribution in [0.3, 0.4) is 0 Å². The van der Waals surface area contributed by atoms with E-state index >= 15 is 0 Å². The predicted molar refractivity (Wildman–Crippen MR) is 92.3 cm³/mol. The highest BCUT2D eigenvalue weighted by Crippen LogP contribution is 2.35. The summed E-state index contributed by atoms with van der Waals surface area (Å²) in [6.45, 7) is 4.35. The van der Waals surface area contributed by atoms with E-state index < -0.39 is 0 Å². The number of para-hydroxylation sites is 1. The molecule has 0 saturated carbocycles. The minimum absolute atomic E-state index is 0.0654. The maximum atomic E-state index is 12.6. The summed E-state index contributed by atoms with van der Waals surface area (Å²) in [5, 5.41) is 1.65. The number of hydrogen-bond acceptors (Lipinski definition) is 5. The van der Waals surface area contributed by atoms with Gasteiger partial charge in [0.1, 0.15) is 5.52 Å². The quantitative estimate of drug-likeness (QED) is 0.834. The third-order valence-corrected chi connectivity index (χ3v) is 5.88. The summed E-state index contributed by atoms with van der Waals surface area (Å²) in [5.74, 6) is 0.325. The molecule has 0 N–H and O–H groups in total. The Balaban J connectivity index is 1.48. The molecule has 0 radical (unpaired) electrons. The number of rotatable bonds is 2. The lowest BCUT2D eigenvalue weighted by molar-refractivity contribution is -0.138. The molecule has 2 aromatic rings. The molecule has 23 heavy (non-hydrogen) atoms. The van der Waals surface area contributed by atoms with Gasteiger partial charge in [-0.05, 0) is 18.6 Å². The second-order valence-electron chi connectivity index (χ2n) is 5.95. The van der Waals surface area contributed by atoms with Crippen molar-refractivity contribution in [3.05, 3.63) is 23.2 Å². The van der Waals surface area contributed by atoms with Crippen molar-refractivity contribution in [1.29, 1.82) is 0 Å². The van der Waals surface area contributed by atoms with E-state index in [-0.39, 0.29) is 11.8 Å². The molecule has 2 fully saturated rings. The molecular formula is C16H18ClN3O2S. The SMILES string of the molecule is O=C(C1CCN(c2nc3c(Cl)cccc3s2)C1)N1CCOCC1. The van der Waals surface area contributed by atoms with Gasteiger partial charge in [-0.1, -0.05) is 29.0 Å². The number of morpholine rings is 1. The van der Waals surface area contributed by atoms with E-state index in [9.17, 15) is 4.79 Å². The maximum Gasteiger partial charge on any atom is 0.227 e. The minimum atomic E-state index is 0.0654. The van der Waals surface area contributed by atoms with Crippen molar-refractivity contribution in [1.82, 2.24) is 9.88 Å². The molecule has 7 heteroatoms. The van der Waals surface area contributed by atoms with E-state index in [1.807, 2.05) is 23.1 Å². The van der Waals surface area contributed by atoms with E-state index in [0.717, 1.165) is 34.9 Å². The Morgan fingerprint density at radius 3 is 2.91 bits per heavy atom. The lowest BCUT2D eigenvalue weighted by Crippen LogP contribution is -2.44. The van der Waals surface area contributed by atoms with E-state index in [1.165, 1.54) is 0 Å². The van der Waals surface area contributed by atoms with Crippen molar-refractivity contribution in [2.45, 2.75) is 6.42 Å². The van der Waals surface area contributed by atoms with Gasteiger partial charge in [0, 0.05) is 26.2 Å². The zero-order valence-electron chi connectivity index (χ0n) is 12.7. The van der Waals surface area contributed by atoms with Crippen LogP contribution in [0.1, 0.15) is 6.42 Å². The van der Waals surface area contributed by atoms with Crippen LogP contribution in [0.5, 0.6) is 0 Å². The van der Waals surface area contributed by atoms with Crippen molar-refractivity contribution in [3.8, 4) is 0 Å². The number of anilines is 1. The highest BCUT2D eigenvalue weighted by Gasteiger charge is 2.33. The van der Waals surface area contributed by atoms with Gasteiger partial charge in [-0.3, -0.25) is 4.79 Å². The average Bonchev–Trinajstić information content (AvgIpc) is 3.22. The Bertz CT molecular complexity index is 729. The number of ether oxygens (including phenoxy) is 1. The standard InChI is InChI=1S/C16H18ClN3O2S/c17-12-2-1-3-13-14(12)18-16(23-13)20-5-4-11(10-20)15(21)19-6-8-22-9-7-19/h1-3,11H,4-10H2. The molecule has 0 aliphatic carbocycles. The van der Waals surface area contributed by atoms with Gasteiger partial charge in [0.05, 0.1) is 28.9 Å². The summed E-state index contributed by atoms with van der Waals surface area (Å²) in [6.07, 6.45) is 0.889. The lowest BCUT2D eigenvalue weighted by Gasteiger charge is -2.29. The lowest BCUT2D eigenvalue weighted by atomic mass is 10.1. The van der Waals surface area contributed by atoms with Crippen LogP contribution in [-0.4, -0.2) is 55.2 Å². The van der Waals surface area contributed by atoms with Crippen LogP contribution in [0.15, 0.2) is 18.2 Å². The topological polar surface area (TPSA) is 45.7 Å². The number of halogens is 1. The van der Waals surface area contributed by atoms with Crippen molar-refractivity contribution in [2.75, 3.05) is 44.3 Å². The number of carbonyl (C=O) groups is 1. The van der Waals surface area contributed by atoms with Crippen molar-refractivity contribution in [2.24, 2.45) is 5.92 Å². The first-order valence-electron chi connectivity index (χ1n) is 7.89. The third kappa shape index (κ3) is 2.91. The molecule has 1 unspecified atom stereocenters. The Labute approximate surface area is 143 Å². The fraction of sp³-hybridized carbons (Fsp3) is 0.500. The molecule has 4 rings (SSSR count). The van der Waals surface area contributed by atoms with E-state index in [2.05, 4.69) is 9.88 Å². The van der Waals surface area contributed by atoms with Gasteiger partial charge < -0.3 is 14.5 Å². The molecule has 0 spiro atoms. The maximum absolute atomic E-state index is 12.6. The second kappa shape index (κ2) is 6.26. The molecule has 1 amide bonds. The van der Waals surface area contributed by atoms with Gasteiger partial charge in [0.2, 0.25) is 5.91 Å². The molecule has 1 atom stereocenters. The van der Waals surface area contributed by atoms with Gasteiger partial charge in [-0.2, -0.15) is 0 Å². The van der Waals surface area contributed by atoms with Crippen LogP contribution in [0.4, 0.5) is 5.13 Å². The minimum Gasteiger partial charge on any atom is -0.378 e. The third-order valence-electron chi connectivity index (χ3n) is 4.49. The van der Waals surface area contributed by atoms with Crippen LogP contribution in [0, 0.1) is 5.92 Å². The molecule has 2 saturated heterocycles. The Morgan fingerprint density at radius 1 is 1.30 bits per heavy atom. The Morgan fingerprint density at radius 2 is 2.13 bits per heavy atom. The molecule has 2 aliphatic rings. The summed E-state index contributed by atoms with van der Waals surface area (Å²) < 4.78 is 6.42. The highest BCUT2D eigenvalue weighted by atomic mass is 35.5. The summed E-state index contributed by atoms with van der Waals surface area (Å²) >= 11 is 7.85. The van der Waals surface area contributed by atoms with Crippen LogP contribution < -0.4 is 4.90 Å². The molecule has 1 aromatic heterocycles. The Hall–Kier alpha value is -1.37.